The van der Waals surface area contributed by atoms with E-state index in [1.54, 1.807) is 11.3 Å². The summed E-state index contributed by atoms with van der Waals surface area (Å²) in [6.07, 6.45) is 0. The monoisotopic (exact) mass is 639 g/mol. The third-order valence-corrected chi connectivity index (χ3v) is 12.7. The van der Waals surface area contributed by atoms with Crippen molar-refractivity contribution in [2.45, 2.75) is 0 Å². The molecule has 6 aromatic carbocycles. The first-order valence-corrected chi connectivity index (χ1v) is 17.7. The molecule has 0 aliphatic heterocycles. The van der Waals surface area contributed by atoms with Gasteiger partial charge in [-0.1, -0.05) is 91.0 Å². The Bertz CT molecular complexity index is 3050. The summed E-state index contributed by atoms with van der Waals surface area (Å²) in [5, 5.41) is 8.73. The van der Waals surface area contributed by atoms with E-state index in [1.165, 1.54) is 66.7 Å². The summed E-state index contributed by atoms with van der Waals surface area (Å²) >= 11 is 5.48. The topological polar surface area (TPSA) is 30.7 Å². The summed E-state index contributed by atoms with van der Waals surface area (Å²) < 4.78 is 9.82. The van der Waals surface area contributed by atoms with Crippen molar-refractivity contribution < 1.29 is 0 Å². The Hall–Kier alpha value is -5.14. The van der Waals surface area contributed by atoms with Crippen LogP contribution in [0.4, 0.5) is 0 Å². The maximum Gasteiger partial charge on any atom is 0.235 e. The van der Waals surface area contributed by atoms with E-state index >= 15 is 0 Å². The first kappa shape index (κ1) is 25.1. The Morgan fingerprint density at radius 1 is 0.435 bits per heavy atom. The number of hydrogen-bond donors (Lipinski definition) is 0. The summed E-state index contributed by atoms with van der Waals surface area (Å²) in [4.78, 5) is 10.9. The molecule has 0 aliphatic rings. The van der Waals surface area contributed by atoms with E-state index in [1.807, 2.05) is 22.7 Å². The van der Waals surface area contributed by atoms with E-state index in [9.17, 15) is 0 Å². The van der Waals surface area contributed by atoms with Gasteiger partial charge in [-0.3, -0.25) is 4.57 Å². The molecule has 0 aliphatic carbocycles. The van der Waals surface area contributed by atoms with E-state index < -0.39 is 0 Å². The fourth-order valence-corrected chi connectivity index (χ4v) is 10.7. The van der Waals surface area contributed by atoms with Gasteiger partial charge in [0, 0.05) is 62.1 Å². The second-order valence-corrected chi connectivity index (χ2v) is 14.9. The van der Waals surface area contributed by atoms with Gasteiger partial charge in [0.25, 0.3) is 0 Å². The predicted molar refractivity (Wildman–Crippen MR) is 200 cm³/mol. The first-order valence-electron chi connectivity index (χ1n) is 15.2. The molecule has 0 bridgehead atoms. The van der Waals surface area contributed by atoms with E-state index in [4.69, 9.17) is 9.97 Å². The third kappa shape index (κ3) is 3.35. The molecule has 11 rings (SSSR count). The predicted octanol–water partition coefficient (Wildman–Crippen LogP) is 12.3. The highest BCUT2D eigenvalue weighted by atomic mass is 32.1. The van der Waals surface area contributed by atoms with Crippen LogP contribution < -0.4 is 0 Å². The van der Waals surface area contributed by atoms with Crippen LogP contribution in [0.25, 0.3) is 99.7 Å². The van der Waals surface area contributed by atoms with Crippen molar-refractivity contribution in [3.63, 3.8) is 0 Å². The van der Waals surface area contributed by atoms with Crippen LogP contribution in [0, 0.1) is 0 Å². The van der Waals surface area contributed by atoms with Crippen LogP contribution in [0.15, 0.2) is 127 Å². The number of rotatable bonds is 2. The zero-order chi connectivity index (χ0) is 29.9. The van der Waals surface area contributed by atoms with Gasteiger partial charge >= 0.3 is 0 Å². The molecular weight excluding hydrogens is 619 g/mol. The molecule has 0 atom stereocenters. The van der Waals surface area contributed by atoms with Crippen LogP contribution >= 0.6 is 34.0 Å². The Labute approximate surface area is 274 Å². The van der Waals surface area contributed by atoms with Gasteiger partial charge in [-0.2, -0.15) is 0 Å². The Morgan fingerprint density at radius 2 is 1.04 bits per heavy atom. The van der Waals surface area contributed by atoms with Crippen LogP contribution in [0.3, 0.4) is 0 Å². The number of para-hydroxylation sites is 1. The zero-order valence-corrected chi connectivity index (χ0v) is 26.6. The highest BCUT2D eigenvalue weighted by Gasteiger charge is 2.22. The number of hydrogen-bond acceptors (Lipinski definition) is 5. The lowest BCUT2D eigenvalue weighted by atomic mass is 10.1. The fraction of sp³-hybridized carbons (Fsp3) is 0. The minimum atomic E-state index is 0.706. The normalized spacial score (nSPS) is 12.3. The van der Waals surface area contributed by atoms with Crippen molar-refractivity contribution in [2.24, 2.45) is 0 Å². The van der Waals surface area contributed by atoms with Crippen molar-refractivity contribution in [3.8, 4) is 17.2 Å². The molecule has 0 saturated heterocycles. The number of benzene rings is 6. The Kier molecular flexibility index (Phi) is 5.02. The van der Waals surface area contributed by atoms with Crippen LogP contribution in [-0.4, -0.2) is 14.5 Å². The van der Waals surface area contributed by atoms with Crippen molar-refractivity contribution in [2.75, 3.05) is 0 Å². The third-order valence-electron chi connectivity index (χ3n) is 9.24. The molecule has 6 heteroatoms. The van der Waals surface area contributed by atoms with Gasteiger partial charge in [0.05, 0.1) is 31.6 Å². The second-order valence-electron chi connectivity index (χ2n) is 11.7. The lowest BCUT2D eigenvalue weighted by Crippen LogP contribution is -2.02. The van der Waals surface area contributed by atoms with Crippen LogP contribution in [0.5, 0.6) is 0 Å². The number of aromatic nitrogens is 3. The molecule has 11 aromatic rings. The van der Waals surface area contributed by atoms with Crippen molar-refractivity contribution >= 4 is 116 Å². The number of nitrogens with zero attached hydrogens (tertiary/aromatic N) is 3. The van der Waals surface area contributed by atoms with Crippen LogP contribution in [-0.2, 0) is 0 Å². The quantitative estimate of drug-likeness (QED) is 0.188. The van der Waals surface area contributed by atoms with Crippen molar-refractivity contribution in [1.29, 1.82) is 0 Å². The maximum atomic E-state index is 5.51. The SMILES string of the molecule is c1ccc2c(c1)sc1ccc(-c3nc(-n4c5ccccc5c5ccc6c7ccccc7sc6c54)nc4c3sc3ccccc34)cc12. The van der Waals surface area contributed by atoms with Gasteiger partial charge in [0.2, 0.25) is 5.95 Å². The largest absolute Gasteiger partial charge is 0.276 e. The van der Waals surface area contributed by atoms with E-state index in [2.05, 4.69) is 132 Å². The van der Waals surface area contributed by atoms with E-state index in [0.29, 0.717) is 5.95 Å². The van der Waals surface area contributed by atoms with E-state index in [0.717, 1.165) is 27.0 Å². The lowest BCUT2D eigenvalue weighted by molar-refractivity contribution is 1.02. The van der Waals surface area contributed by atoms with E-state index in [-0.39, 0.29) is 0 Å². The molecule has 3 nitrogen and oxygen atoms in total. The Balaban J connectivity index is 1.30. The summed E-state index contributed by atoms with van der Waals surface area (Å²) in [7, 11) is 0. The molecule has 0 amide bonds. The molecule has 214 valence electrons. The Morgan fingerprint density at radius 3 is 1.87 bits per heavy atom. The molecule has 5 aromatic heterocycles. The average molecular weight is 640 g/mol. The summed E-state index contributed by atoms with van der Waals surface area (Å²) in [6, 6.07) is 46.1. The molecule has 0 spiro atoms. The first-order chi connectivity index (χ1) is 22.8. The zero-order valence-electron chi connectivity index (χ0n) is 24.2. The molecule has 0 saturated carbocycles. The molecular formula is C40H21N3S3. The van der Waals surface area contributed by atoms with Gasteiger partial charge in [-0.05, 0) is 36.4 Å². The maximum absolute atomic E-state index is 5.51. The minimum Gasteiger partial charge on any atom is -0.276 e. The lowest BCUT2D eigenvalue weighted by Gasteiger charge is -2.11. The molecule has 46 heavy (non-hydrogen) atoms. The van der Waals surface area contributed by atoms with Crippen molar-refractivity contribution in [1.82, 2.24) is 14.5 Å². The molecule has 0 radical (unpaired) electrons. The molecule has 0 N–H and O–H groups in total. The van der Waals surface area contributed by atoms with Gasteiger partial charge in [-0.15, -0.1) is 34.0 Å². The van der Waals surface area contributed by atoms with Crippen LogP contribution in [0.2, 0.25) is 0 Å². The fourth-order valence-electron chi connectivity index (χ4n) is 7.19. The summed E-state index contributed by atoms with van der Waals surface area (Å²) in [5.41, 5.74) is 5.39. The van der Waals surface area contributed by atoms with Gasteiger partial charge < -0.3 is 0 Å². The average Bonchev–Trinajstić information content (AvgIpc) is 3.86. The highest BCUT2D eigenvalue weighted by molar-refractivity contribution is 7.27. The summed E-state index contributed by atoms with van der Waals surface area (Å²) in [6.45, 7) is 0. The van der Waals surface area contributed by atoms with Gasteiger partial charge in [0.15, 0.2) is 0 Å². The van der Waals surface area contributed by atoms with Crippen molar-refractivity contribution in [3.05, 3.63) is 127 Å². The van der Waals surface area contributed by atoms with Crippen LogP contribution in [0.1, 0.15) is 0 Å². The van der Waals surface area contributed by atoms with Gasteiger partial charge in [-0.25, -0.2) is 9.97 Å². The number of thiophene rings is 3. The smallest absolute Gasteiger partial charge is 0.235 e. The molecule has 0 fully saturated rings. The van der Waals surface area contributed by atoms with Gasteiger partial charge in [0.1, 0.15) is 0 Å². The summed E-state index contributed by atoms with van der Waals surface area (Å²) in [5.74, 6) is 0.706. The molecule has 0 unspecified atom stereocenters. The standard InChI is InChI=1S/C40H21N3S3/c1-5-13-30-23(9-1)26-18-19-27-24-10-2-7-15-32(24)45-38(27)37(26)43(30)40-41-35(39-36(42-40)28-12-4-8-16-33(28)46-39)22-17-20-34-29(21-22)25-11-3-6-14-31(25)44-34/h1-21H. The highest BCUT2D eigenvalue weighted by Crippen LogP contribution is 2.45. The minimum absolute atomic E-state index is 0.706. The molecule has 5 heterocycles. The number of fused-ring (bicyclic) bond motifs is 13. The second kappa shape index (κ2) is 9.21.